The Bertz CT molecular complexity index is 562. The standard InChI is InChI=1S/C17H20BNO.CH4/c1-14(16-9-11-17(12-10-16)18(2)3)19-20-13-15-7-5-4-6-8-15;/h4-12H,13H2,1-3H3;1H4/b19-14+;. The van der Waals surface area contributed by atoms with Crippen LogP contribution >= 0.6 is 0 Å². The molecule has 0 bridgehead atoms. The van der Waals surface area contributed by atoms with Gasteiger partial charge in [0.05, 0.1) is 5.71 Å². The van der Waals surface area contributed by atoms with Crippen LogP contribution in [0.3, 0.4) is 0 Å². The van der Waals surface area contributed by atoms with Gasteiger partial charge in [0, 0.05) is 0 Å². The second kappa shape index (κ2) is 8.30. The first-order valence-corrected chi connectivity index (χ1v) is 6.97. The predicted octanol–water partition coefficient (Wildman–Crippen LogP) is 4.22. The Labute approximate surface area is 128 Å². The van der Waals surface area contributed by atoms with Crippen molar-refractivity contribution in [3.63, 3.8) is 0 Å². The van der Waals surface area contributed by atoms with Crippen molar-refractivity contribution < 1.29 is 4.84 Å². The summed E-state index contributed by atoms with van der Waals surface area (Å²) in [4.78, 5) is 5.40. The molecule has 21 heavy (non-hydrogen) atoms. The van der Waals surface area contributed by atoms with Gasteiger partial charge in [0.1, 0.15) is 6.61 Å². The topological polar surface area (TPSA) is 21.6 Å². The van der Waals surface area contributed by atoms with Crippen molar-refractivity contribution in [1.82, 2.24) is 0 Å². The van der Waals surface area contributed by atoms with Gasteiger partial charge in [0.15, 0.2) is 6.71 Å². The highest BCUT2D eigenvalue weighted by Gasteiger charge is 2.03. The average Bonchev–Trinajstić information content (AvgIpc) is 2.48. The summed E-state index contributed by atoms with van der Waals surface area (Å²) in [5.41, 5.74) is 4.46. The van der Waals surface area contributed by atoms with Gasteiger partial charge in [-0.05, 0) is 18.1 Å². The minimum absolute atomic E-state index is 0. The SMILES string of the molecule is C.CB(C)c1ccc(/C(C)=N/OCc2ccccc2)cc1. The molecule has 110 valence electrons. The maximum Gasteiger partial charge on any atom is 0.169 e. The van der Waals surface area contributed by atoms with Crippen LogP contribution in [0.2, 0.25) is 13.6 Å². The van der Waals surface area contributed by atoms with Gasteiger partial charge in [-0.2, -0.15) is 0 Å². The summed E-state index contributed by atoms with van der Waals surface area (Å²) in [7, 11) is 0. The summed E-state index contributed by atoms with van der Waals surface area (Å²) in [5.74, 6) is 0. The number of benzene rings is 2. The lowest BCUT2D eigenvalue weighted by Gasteiger charge is -2.05. The van der Waals surface area contributed by atoms with E-state index in [-0.39, 0.29) is 7.43 Å². The van der Waals surface area contributed by atoms with E-state index in [0.717, 1.165) is 16.8 Å². The van der Waals surface area contributed by atoms with Crippen LogP contribution in [0.5, 0.6) is 0 Å². The van der Waals surface area contributed by atoms with E-state index in [9.17, 15) is 0 Å². The third kappa shape index (κ3) is 5.11. The summed E-state index contributed by atoms with van der Waals surface area (Å²) < 4.78 is 0. The van der Waals surface area contributed by atoms with Gasteiger partial charge in [-0.25, -0.2) is 0 Å². The molecule has 0 aliphatic carbocycles. The molecule has 0 N–H and O–H groups in total. The number of oxime groups is 1. The number of nitrogens with zero attached hydrogens (tertiary/aromatic N) is 1. The lowest BCUT2D eigenvalue weighted by molar-refractivity contribution is 0.130. The molecule has 0 saturated carbocycles. The fourth-order valence-electron chi connectivity index (χ4n) is 1.94. The van der Waals surface area contributed by atoms with E-state index in [1.54, 1.807) is 0 Å². The highest BCUT2D eigenvalue weighted by Crippen LogP contribution is 2.04. The molecule has 2 rings (SSSR count). The highest BCUT2D eigenvalue weighted by molar-refractivity contribution is 6.70. The third-order valence-electron chi connectivity index (χ3n) is 3.27. The smallest absolute Gasteiger partial charge is 0.169 e. The first kappa shape index (κ1) is 17.0. The van der Waals surface area contributed by atoms with Crippen LogP contribution < -0.4 is 5.46 Å². The summed E-state index contributed by atoms with van der Waals surface area (Å²) >= 11 is 0. The van der Waals surface area contributed by atoms with Gasteiger partial charge in [-0.1, -0.05) is 86.3 Å². The lowest BCUT2D eigenvalue weighted by atomic mass is 9.49. The molecule has 0 aromatic heterocycles. The van der Waals surface area contributed by atoms with Crippen LogP contribution in [0, 0.1) is 0 Å². The molecule has 0 amide bonds. The summed E-state index contributed by atoms with van der Waals surface area (Å²) in [6.07, 6.45) is 0. The summed E-state index contributed by atoms with van der Waals surface area (Å²) in [6.45, 7) is 7.41. The van der Waals surface area contributed by atoms with Gasteiger partial charge >= 0.3 is 0 Å². The lowest BCUT2D eigenvalue weighted by Crippen LogP contribution is -2.22. The van der Waals surface area contributed by atoms with E-state index in [1.807, 2.05) is 37.3 Å². The monoisotopic (exact) mass is 281 g/mol. The zero-order chi connectivity index (χ0) is 14.4. The second-order valence-corrected chi connectivity index (χ2v) is 5.21. The van der Waals surface area contributed by atoms with Crippen LogP contribution in [0.25, 0.3) is 0 Å². The van der Waals surface area contributed by atoms with Crippen molar-refractivity contribution in [2.45, 2.75) is 34.6 Å². The van der Waals surface area contributed by atoms with Crippen molar-refractivity contribution in [2.75, 3.05) is 0 Å². The van der Waals surface area contributed by atoms with E-state index in [4.69, 9.17) is 4.84 Å². The summed E-state index contributed by atoms with van der Waals surface area (Å²) in [6, 6.07) is 18.5. The molecule has 3 heteroatoms. The van der Waals surface area contributed by atoms with Crippen LogP contribution in [-0.4, -0.2) is 12.4 Å². The predicted molar refractivity (Wildman–Crippen MR) is 93.7 cm³/mol. The Kier molecular flexibility index (Phi) is 6.73. The molecule has 0 aliphatic heterocycles. The first-order valence-electron chi connectivity index (χ1n) is 6.97. The zero-order valence-electron chi connectivity index (χ0n) is 12.3. The molecule has 0 unspecified atom stereocenters. The summed E-state index contributed by atoms with van der Waals surface area (Å²) in [5, 5.41) is 4.18. The van der Waals surface area contributed by atoms with Crippen LogP contribution in [0.1, 0.15) is 25.5 Å². The molecule has 0 aliphatic rings. The molecule has 0 spiro atoms. The van der Waals surface area contributed by atoms with Gasteiger partial charge in [0.2, 0.25) is 0 Å². The fraction of sp³-hybridized carbons (Fsp3) is 0.278. The second-order valence-electron chi connectivity index (χ2n) is 5.21. The number of rotatable bonds is 5. The number of hydrogen-bond donors (Lipinski definition) is 0. The first-order chi connectivity index (χ1) is 9.66. The van der Waals surface area contributed by atoms with Gasteiger partial charge in [-0.15, -0.1) is 0 Å². The normalized spacial score (nSPS) is 10.7. The van der Waals surface area contributed by atoms with Crippen molar-refractivity contribution in [1.29, 1.82) is 0 Å². The molecule has 0 saturated heterocycles. The average molecular weight is 281 g/mol. The number of hydrogen-bond acceptors (Lipinski definition) is 2. The molecule has 2 aromatic rings. The van der Waals surface area contributed by atoms with Crippen LogP contribution in [-0.2, 0) is 11.4 Å². The largest absolute Gasteiger partial charge is 0.391 e. The molecule has 2 nitrogen and oxygen atoms in total. The van der Waals surface area contributed by atoms with Gasteiger partial charge < -0.3 is 4.84 Å². The van der Waals surface area contributed by atoms with E-state index in [0.29, 0.717) is 13.3 Å². The van der Waals surface area contributed by atoms with Gasteiger partial charge in [0.25, 0.3) is 0 Å². The van der Waals surface area contributed by atoms with Crippen molar-refractivity contribution in [3.05, 3.63) is 65.7 Å². The van der Waals surface area contributed by atoms with E-state index in [2.05, 4.69) is 43.1 Å². The molecular weight excluding hydrogens is 257 g/mol. The van der Waals surface area contributed by atoms with Crippen molar-refractivity contribution in [3.8, 4) is 0 Å². The molecule has 0 heterocycles. The Morgan fingerprint density at radius 1 is 1.00 bits per heavy atom. The fourth-order valence-corrected chi connectivity index (χ4v) is 1.94. The minimum Gasteiger partial charge on any atom is -0.391 e. The van der Waals surface area contributed by atoms with Crippen LogP contribution in [0.15, 0.2) is 59.8 Å². The highest BCUT2D eigenvalue weighted by atomic mass is 16.6. The Balaban J connectivity index is 0.00000220. The maximum atomic E-state index is 5.40. The molecule has 2 aromatic carbocycles. The Hall–Kier alpha value is -2.03. The third-order valence-corrected chi connectivity index (χ3v) is 3.27. The van der Waals surface area contributed by atoms with Crippen molar-refractivity contribution >= 4 is 17.9 Å². The zero-order valence-corrected chi connectivity index (χ0v) is 12.3. The van der Waals surface area contributed by atoms with E-state index < -0.39 is 0 Å². The van der Waals surface area contributed by atoms with Crippen molar-refractivity contribution in [2.24, 2.45) is 5.16 Å². The van der Waals surface area contributed by atoms with Gasteiger partial charge in [-0.3, -0.25) is 0 Å². The van der Waals surface area contributed by atoms with E-state index >= 15 is 0 Å². The van der Waals surface area contributed by atoms with E-state index in [1.165, 1.54) is 5.46 Å². The Morgan fingerprint density at radius 3 is 2.19 bits per heavy atom. The molecule has 0 radical (unpaired) electrons. The molecule has 0 fully saturated rings. The maximum absolute atomic E-state index is 5.40. The molecular formula is C18H24BNO. The Morgan fingerprint density at radius 2 is 1.62 bits per heavy atom. The molecule has 0 atom stereocenters. The van der Waals surface area contributed by atoms with Crippen LogP contribution in [0.4, 0.5) is 0 Å². The quantitative estimate of drug-likeness (QED) is 0.456. The minimum atomic E-state index is 0.